The molecule has 0 unspecified atom stereocenters. The van der Waals surface area contributed by atoms with E-state index >= 15 is 0 Å². The van der Waals surface area contributed by atoms with E-state index in [0.29, 0.717) is 24.7 Å². The second kappa shape index (κ2) is 8.56. The molecule has 2 N–H and O–H groups in total. The first-order chi connectivity index (χ1) is 13.7. The number of hydrogen-bond acceptors (Lipinski definition) is 7. The van der Waals surface area contributed by atoms with E-state index in [-0.39, 0.29) is 19.0 Å². The lowest BCUT2D eigenvalue weighted by Crippen LogP contribution is -2.10. The topological polar surface area (TPSA) is 87.3 Å². The summed E-state index contributed by atoms with van der Waals surface area (Å²) in [5, 5.41) is 0.993. The van der Waals surface area contributed by atoms with Crippen LogP contribution in [0.25, 0.3) is 10.2 Å². The zero-order valence-electron chi connectivity index (χ0n) is 15.6. The van der Waals surface area contributed by atoms with E-state index < -0.39 is 0 Å². The highest BCUT2D eigenvalue weighted by molar-refractivity contribution is 7.19. The van der Waals surface area contributed by atoms with E-state index in [9.17, 15) is 4.79 Å². The molecule has 0 bridgehead atoms. The number of rotatable bonds is 7. The molecule has 0 fully saturated rings. The lowest BCUT2D eigenvalue weighted by atomic mass is 9.97. The summed E-state index contributed by atoms with van der Waals surface area (Å²) in [6.07, 6.45) is 5.41. The van der Waals surface area contributed by atoms with Crippen molar-refractivity contribution in [2.45, 2.75) is 45.1 Å². The molecule has 1 aliphatic carbocycles. The molecule has 0 saturated carbocycles. The van der Waals surface area contributed by atoms with Crippen LogP contribution in [0.5, 0.6) is 5.75 Å². The van der Waals surface area contributed by atoms with Crippen LogP contribution in [-0.2, 0) is 29.0 Å². The van der Waals surface area contributed by atoms with Crippen molar-refractivity contribution in [2.24, 2.45) is 0 Å². The van der Waals surface area contributed by atoms with Gasteiger partial charge in [0.25, 0.3) is 0 Å². The quantitative estimate of drug-likeness (QED) is 0.478. The Bertz CT molecular complexity index is 972. The Balaban J connectivity index is 1.29. The summed E-state index contributed by atoms with van der Waals surface area (Å²) < 4.78 is 10.9. The van der Waals surface area contributed by atoms with Gasteiger partial charge in [-0.15, -0.1) is 11.3 Å². The van der Waals surface area contributed by atoms with Crippen LogP contribution in [0.4, 0.5) is 5.82 Å². The van der Waals surface area contributed by atoms with Crippen molar-refractivity contribution in [2.75, 3.05) is 12.3 Å². The van der Waals surface area contributed by atoms with Crippen molar-refractivity contribution in [3.05, 3.63) is 46.6 Å². The molecule has 146 valence electrons. The minimum Gasteiger partial charge on any atom is -0.494 e. The van der Waals surface area contributed by atoms with Gasteiger partial charge in [0.1, 0.15) is 16.4 Å². The van der Waals surface area contributed by atoms with E-state index in [1.54, 1.807) is 11.3 Å². The molecular formula is C21H23N3O3S. The monoisotopic (exact) mass is 397 g/mol. The Labute approximate surface area is 167 Å². The SMILES string of the molecule is Nc1nc(COC(=O)CCCOc2ccccc2)nc2sc3c(c12)CCCC3. The first kappa shape index (κ1) is 18.7. The Morgan fingerprint density at radius 1 is 1.14 bits per heavy atom. The number of fused-ring (bicyclic) bond motifs is 3. The third kappa shape index (κ3) is 4.25. The van der Waals surface area contributed by atoms with E-state index in [1.807, 2.05) is 30.3 Å². The number of aryl methyl sites for hydroxylation is 2. The highest BCUT2D eigenvalue weighted by Gasteiger charge is 2.20. The average Bonchev–Trinajstić information content (AvgIpc) is 3.09. The van der Waals surface area contributed by atoms with Gasteiger partial charge in [-0.25, -0.2) is 9.97 Å². The molecule has 0 radical (unpaired) electrons. The number of para-hydroxylation sites is 1. The van der Waals surface area contributed by atoms with Gasteiger partial charge in [0, 0.05) is 11.3 Å². The van der Waals surface area contributed by atoms with Crippen molar-refractivity contribution >= 4 is 33.3 Å². The molecule has 6 nitrogen and oxygen atoms in total. The van der Waals surface area contributed by atoms with E-state index in [4.69, 9.17) is 15.2 Å². The maximum absolute atomic E-state index is 12.0. The number of benzene rings is 1. The summed E-state index contributed by atoms with van der Waals surface area (Å²) in [5.41, 5.74) is 7.49. The number of carbonyl (C=O) groups is 1. The minimum atomic E-state index is -0.288. The van der Waals surface area contributed by atoms with Gasteiger partial charge in [0.2, 0.25) is 0 Å². The molecule has 1 aromatic carbocycles. The third-order valence-corrected chi connectivity index (χ3v) is 5.97. The van der Waals surface area contributed by atoms with Gasteiger partial charge < -0.3 is 15.2 Å². The smallest absolute Gasteiger partial charge is 0.306 e. The number of carbonyl (C=O) groups excluding carboxylic acids is 1. The van der Waals surface area contributed by atoms with Crippen LogP contribution in [0.2, 0.25) is 0 Å². The fraction of sp³-hybridized carbons (Fsp3) is 0.381. The lowest BCUT2D eigenvalue weighted by Gasteiger charge is -2.10. The molecule has 7 heteroatoms. The fourth-order valence-corrected chi connectivity index (χ4v) is 4.72. The van der Waals surface area contributed by atoms with Crippen LogP contribution >= 0.6 is 11.3 Å². The van der Waals surface area contributed by atoms with E-state index in [2.05, 4.69) is 9.97 Å². The maximum Gasteiger partial charge on any atom is 0.306 e. The number of ether oxygens (including phenoxy) is 2. The molecule has 0 saturated heterocycles. The van der Waals surface area contributed by atoms with Crippen molar-refractivity contribution in [3.63, 3.8) is 0 Å². The molecular weight excluding hydrogens is 374 g/mol. The summed E-state index contributed by atoms with van der Waals surface area (Å²) in [4.78, 5) is 23.2. The first-order valence-electron chi connectivity index (χ1n) is 9.61. The molecule has 1 aliphatic rings. The first-order valence-corrected chi connectivity index (χ1v) is 10.4. The number of thiophene rings is 1. The van der Waals surface area contributed by atoms with Gasteiger partial charge in [-0.2, -0.15) is 0 Å². The summed E-state index contributed by atoms with van der Waals surface area (Å²) in [7, 11) is 0. The molecule has 0 amide bonds. The number of anilines is 1. The van der Waals surface area contributed by atoms with E-state index in [0.717, 1.165) is 28.8 Å². The molecule has 2 aromatic heterocycles. The highest BCUT2D eigenvalue weighted by atomic mass is 32.1. The third-order valence-electron chi connectivity index (χ3n) is 4.79. The minimum absolute atomic E-state index is 0.0427. The Morgan fingerprint density at radius 2 is 1.96 bits per heavy atom. The zero-order chi connectivity index (χ0) is 19.3. The largest absolute Gasteiger partial charge is 0.494 e. The maximum atomic E-state index is 12.0. The Morgan fingerprint density at radius 3 is 2.82 bits per heavy atom. The van der Waals surface area contributed by atoms with Gasteiger partial charge in [0.15, 0.2) is 12.4 Å². The van der Waals surface area contributed by atoms with Gasteiger partial charge in [-0.3, -0.25) is 4.79 Å². The van der Waals surface area contributed by atoms with Crippen LogP contribution in [-0.4, -0.2) is 22.5 Å². The zero-order valence-corrected chi connectivity index (χ0v) is 16.5. The standard InChI is InChI=1S/C21H23N3O3S/c22-20-19-15-9-4-5-10-16(15)28-21(19)24-17(23-20)13-27-18(25)11-6-12-26-14-7-2-1-3-8-14/h1-3,7-8H,4-6,9-13H2,(H2,22,23,24). The van der Waals surface area contributed by atoms with Crippen LogP contribution in [0, 0.1) is 0 Å². The van der Waals surface area contributed by atoms with Crippen LogP contribution < -0.4 is 10.5 Å². The summed E-state index contributed by atoms with van der Waals surface area (Å²) in [6, 6.07) is 9.53. The van der Waals surface area contributed by atoms with Crippen molar-refractivity contribution in [1.29, 1.82) is 0 Å². The fourth-order valence-electron chi connectivity index (χ4n) is 3.44. The normalized spacial score (nSPS) is 13.3. The van der Waals surface area contributed by atoms with Crippen molar-refractivity contribution < 1.29 is 14.3 Å². The molecule has 4 rings (SSSR count). The lowest BCUT2D eigenvalue weighted by molar-refractivity contribution is -0.145. The predicted molar refractivity (Wildman–Crippen MR) is 109 cm³/mol. The summed E-state index contributed by atoms with van der Waals surface area (Å²) in [5.74, 6) is 1.46. The van der Waals surface area contributed by atoms with Crippen molar-refractivity contribution in [1.82, 2.24) is 9.97 Å². The van der Waals surface area contributed by atoms with Crippen molar-refractivity contribution in [3.8, 4) is 5.75 Å². The van der Waals surface area contributed by atoms with Crippen LogP contribution in [0.3, 0.4) is 0 Å². The number of nitrogens with two attached hydrogens (primary N) is 1. The van der Waals surface area contributed by atoms with Gasteiger partial charge in [-0.1, -0.05) is 18.2 Å². The number of esters is 1. The number of aromatic nitrogens is 2. The second-order valence-electron chi connectivity index (χ2n) is 6.84. The van der Waals surface area contributed by atoms with E-state index in [1.165, 1.54) is 23.3 Å². The Hall–Kier alpha value is -2.67. The van der Waals surface area contributed by atoms with Gasteiger partial charge in [-0.05, 0) is 49.8 Å². The second-order valence-corrected chi connectivity index (χ2v) is 7.93. The van der Waals surface area contributed by atoms with Gasteiger partial charge in [0.05, 0.1) is 12.0 Å². The average molecular weight is 398 g/mol. The van der Waals surface area contributed by atoms with Gasteiger partial charge >= 0.3 is 5.97 Å². The predicted octanol–water partition coefficient (Wildman–Crippen LogP) is 4.05. The van der Waals surface area contributed by atoms with Crippen LogP contribution in [0.1, 0.15) is 41.9 Å². The molecule has 0 spiro atoms. The number of nitrogen functional groups attached to an aromatic ring is 1. The molecule has 0 atom stereocenters. The Kier molecular flexibility index (Phi) is 5.71. The molecule has 28 heavy (non-hydrogen) atoms. The highest BCUT2D eigenvalue weighted by Crippen LogP contribution is 2.37. The molecule has 2 heterocycles. The molecule has 3 aromatic rings. The summed E-state index contributed by atoms with van der Waals surface area (Å²) in [6.45, 7) is 0.510. The number of nitrogens with zero attached hydrogens (tertiary/aromatic N) is 2. The molecule has 0 aliphatic heterocycles. The number of hydrogen-bond donors (Lipinski definition) is 1. The summed E-state index contributed by atoms with van der Waals surface area (Å²) >= 11 is 1.69. The van der Waals surface area contributed by atoms with Crippen LogP contribution in [0.15, 0.2) is 30.3 Å².